The van der Waals surface area contributed by atoms with Gasteiger partial charge in [0.1, 0.15) is 5.78 Å². The zero-order chi connectivity index (χ0) is 17.5. The fraction of sp³-hybridized carbons (Fsp3) is 0.737. The van der Waals surface area contributed by atoms with E-state index in [0.29, 0.717) is 24.2 Å². The van der Waals surface area contributed by atoms with E-state index >= 15 is 0 Å². The van der Waals surface area contributed by atoms with Crippen molar-refractivity contribution >= 4 is 17.3 Å². The molecule has 4 aliphatic carbocycles. The summed E-state index contributed by atoms with van der Waals surface area (Å²) in [5, 5.41) is 20.2. The maximum absolute atomic E-state index is 12.8. The fourth-order valence-corrected chi connectivity index (χ4v) is 6.29. The van der Waals surface area contributed by atoms with Gasteiger partial charge in [0, 0.05) is 35.7 Å². The van der Waals surface area contributed by atoms with Gasteiger partial charge in [-0.15, -0.1) is 0 Å². The largest absolute Gasteiger partial charge is 0.359 e. The zero-order valence-corrected chi connectivity index (χ0v) is 14.2. The van der Waals surface area contributed by atoms with Gasteiger partial charge < -0.3 is 10.2 Å². The summed E-state index contributed by atoms with van der Waals surface area (Å²) in [6.07, 6.45) is 4.38. The van der Waals surface area contributed by atoms with Crippen molar-refractivity contribution in [1.82, 2.24) is 0 Å². The number of allylic oxidation sites excluding steroid dienone is 1. The second kappa shape index (κ2) is 4.64. The Balaban J connectivity index is 1.79. The lowest BCUT2D eigenvalue weighted by molar-refractivity contribution is -0.199. The number of hydrogen-bond donors (Lipinski definition) is 2. The van der Waals surface area contributed by atoms with E-state index in [-0.39, 0.29) is 35.4 Å². The first-order chi connectivity index (χ1) is 11.1. The highest BCUT2D eigenvalue weighted by Gasteiger charge is 2.63. The number of aliphatic hydroxyl groups is 2. The summed E-state index contributed by atoms with van der Waals surface area (Å²) < 4.78 is 0. The molecule has 0 aromatic carbocycles. The van der Waals surface area contributed by atoms with Crippen molar-refractivity contribution in [3.63, 3.8) is 0 Å². The second-order valence-corrected chi connectivity index (χ2v) is 8.76. The molecule has 5 atom stereocenters. The summed E-state index contributed by atoms with van der Waals surface area (Å²) in [4.78, 5) is 37.0. The molecule has 0 heterocycles. The molecule has 0 saturated heterocycles. The molecular weight excluding hydrogens is 308 g/mol. The van der Waals surface area contributed by atoms with Gasteiger partial charge in [0.15, 0.2) is 5.78 Å². The van der Waals surface area contributed by atoms with Crippen molar-refractivity contribution in [3.05, 3.63) is 11.6 Å². The van der Waals surface area contributed by atoms with Crippen LogP contribution >= 0.6 is 0 Å². The van der Waals surface area contributed by atoms with Crippen LogP contribution in [-0.2, 0) is 14.4 Å². The Labute approximate surface area is 141 Å². The van der Waals surface area contributed by atoms with Crippen LogP contribution in [0.4, 0.5) is 0 Å². The summed E-state index contributed by atoms with van der Waals surface area (Å²) in [6, 6.07) is 0. The van der Waals surface area contributed by atoms with Gasteiger partial charge in [-0.2, -0.15) is 0 Å². The minimum atomic E-state index is -2.40. The Bertz CT molecular complexity index is 690. The van der Waals surface area contributed by atoms with Crippen molar-refractivity contribution in [2.24, 2.45) is 28.6 Å². The molecule has 0 amide bonds. The minimum Gasteiger partial charge on any atom is -0.359 e. The van der Waals surface area contributed by atoms with Crippen LogP contribution in [-0.4, -0.2) is 33.3 Å². The van der Waals surface area contributed by atoms with Crippen LogP contribution in [0.3, 0.4) is 0 Å². The molecule has 3 fully saturated rings. The van der Waals surface area contributed by atoms with E-state index in [9.17, 15) is 24.6 Å². The Morgan fingerprint density at radius 3 is 2.42 bits per heavy atom. The summed E-state index contributed by atoms with van der Waals surface area (Å²) >= 11 is 0. The quantitative estimate of drug-likeness (QED) is 0.657. The van der Waals surface area contributed by atoms with Crippen molar-refractivity contribution in [1.29, 1.82) is 0 Å². The molecule has 24 heavy (non-hydrogen) atoms. The molecule has 130 valence electrons. The number of fused-ring (bicyclic) bond motifs is 5. The molecule has 5 nitrogen and oxygen atoms in total. The Morgan fingerprint density at radius 1 is 1.04 bits per heavy atom. The summed E-state index contributed by atoms with van der Waals surface area (Å²) in [7, 11) is 0. The first-order valence-electron chi connectivity index (χ1n) is 8.87. The molecule has 0 radical (unpaired) electrons. The standard InChI is InChI=1S/C19H24O5/c1-17-6-5-12-10(11(17)3-4-15(17)21)7-14(20)13-8-16(22)19(23,24)9-18(12,13)2/h8,10-12,23-24H,3-7,9H2,1-2H3/t10-,11-,12-,17-,18+/m0/s1. The summed E-state index contributed by atoms with van der Waals surface area (Å²) in [6.45, 7) is 3.93. The first kappa shape index (κ1) is 16.2. The van der Waals surface area contributed by atoms with E-state index in [1.807, 2.05) is 13.8 Å². The van der Waals surface area contributed by atoms with Crippen LogP contribution in [0.1, 0.15) is 52.4 Å². The molecule has 0 aromatic rings. The van der Waals surface area contributed by atoms with E-state index in [1.165, 1.54) is 0 Å². The van der Waals surface area contributed by atoms with E-state index in [4.69, 9.17) is 0 Å². The molecule has 3 saturated carbocycles. The van der Waals surface area contributed by atoms with Crippen LogP contribution in [0.15, 0.2) is 11.6 Å². The van der Waals surface area contributed by atoms with Crippen molar-refractivity contribution in [2.75, 3.05) is 0 Å². The highest BCUT2D eigenvalue weighted by Crippen LogP contribution is 2.64. The highest BCUT2D eigenvalue weighted by molar-refractivity contribution is 6.08. The van der Waals surface area contributed by atoms with E-state index < -0.39 is 17.0 Å². The van der Waals surface area contributed by atoms with E-state index in [0.717, 1.165) is 25.3 Å². The lowest BCUT2D eigenvalue weighted by atomic mass is 9.47. The van der Waals surface area contributed by atoms with E-state index in [2.05, 4.69) is 0 Å². The summed E-state index contributed by atoms with van der Waals surface area (Å²) in [5.74, 6) is -2.55. The number of hydrogen-bond acceptors (Lipinski definition) is 5. The normalized spacial score (nSPS) is 46.9. The molecule has 0 aliphatic heterocycles. The van der Waals surface area contributed by atoms with Gasteiger partial charge in [-0.25, -0.2) is 0 Å². The van der Waals surface area contributed by atoms with Crippen LogP contribution < -0.4 is 0 Å². The molecular formula is C19H24O5. The maximum Gasteiger partial charge on any atom is 0.228 e. The second-order valence-electron chi connectivity index (χ2n) is 8.76. The van der Waals surface area contributed by atoms with Crippen LogP contribution in [0.5, 0.6) is 0 Å². The lowest BCUT2D eigenvalue weighted by Crippen LogP contribution is -2.57. The zero-order valence-electron chi connectivity index (χ0n) is 14.2. The van der Waals surface area contributed by atoms with Crippen molar-refractivity contribution in [3.8, 4) is 0 Å². The number of ketones is 3. The predicted octanol–water partition coefficient (Wildman–Crippen LogP) is 1.56. The average Bonchev–Trinajstić information content (AvgIpc) is 2.78. The molecule has 0 spiro atoms. The molecule has 4 rings (SSSR count). The van der Waals surface area contributed by atoms with Gasteiger partial charge >= 0.3 is 0 Å². The first-order valence-corrected chi connectivity index (χ1v) is 8.87. The molecule has 5 heteroatoms. The van der Waals surface area contributed by atoms with Gasteiger partial charge in [-0.3, -0.25) is 14.4 Å². The number of Topliss-reactive ketones (excluding diaryl/α,β-unsaturated/α-hetero) is 2. The Morgan fingerprint density at radius 2 is 1.71 bits per heavy atom. The van der Waals surface area contributed by atoms with Crippen LogP contribution in [0, 0.1) is 28.6 Å². The predicted molar refractivity (Wildman–Crippen MR) is 84.7 cm³/mol. The monoisotopic (exact) mass is 332 g/mol. The number of carbonyl (C=O) groups excluding carboxylic acids is 3. The number of carbonyl (C=O) groups is 3. The fourth-order valence-electron chi connectivity index (χ4n) is 6.29. The lowest BCUT2D eigenvalue weighted by Gasteiger charge is -2.57. The van der Waals surface area contributed by atoms with Gasteiger partial charge in [0.05, 0.1) is 0 Å². The smallest absolute Gasteiger partial charge is 0.228 e. The third kappa shape index (κ3) is 1.85. The summed E-state index contributed by atoms with van der Waals surface area (Å²) in [5.41, 5.74) is -0.580. The Kier molecular flexibility index (Phi) is 3.12. The van der Waals surface area contributed by atoms with Crippen molar-refractivity contribution < 1.29 is 24.6 Å². The Hall–Kier alpha value is -1.33. The van der Waals surface area contributed by atoms with Crippen LogP contribution in [0.25, 0.3) is 0 Å². The van der Waals surface area contributed by atoms with Gasteiger partial charge in [-0.05, 0) is 43.1 Å². The maximum atomic E-state index is 12.8. The molecule has 2 N–H and O–H groups in total. The highest BCUT2D eigenvalue weighted by atomic mass is 16.5. The molecule has 4 aliphatic rings. The van der Waals surface area contributed by atoms with E-state index in [1.54, 1.807) is 0 Å². The molecule has 0 aromatic heterocycles. The number of rotatable bonds is 0. The third-order valence-electron chi connectivity index (χ3n) is 7.59. The molecule has 0 unspecified atom stereocenters. The SMILES string of the molecule is C[C@]12CC(O)(O)C(=O)C=C1C(=O)C[C@@H]1[C@@H]2CC[C@]2(C)C(=O)CC[C@@H]12. The van der Waals surface area contributed by atoms with Gasteiger partial charge in [0.2, 0.25) is 11.6 Å². The minimum absolute atomic E-state index is 0.0637. The topological polar surface area (TPSA) is 91.7 Å². The van der Waals surface area contributed by atoms with Gasteiger partial charge in [0.25, 0.3) is 0 Å². The average molecular weight is 332 g/mol. The third-order valence-corrected chi connectivity index (χ3v) is 7.59. The van der Waals surface area contributed by atoms with Crippen LogP contribution in [0.2, 0.25) is 0 Å². The molecule has 0 bridgehead atoms. The van der Waals surface area contributed by atoms with Crippen molar-refractivity contribution in [2.45, 2.75) is 58.2 Å². The van der Waals surface area contributed by atoms with Gasteiger partial charge in [-0.1, -0.05) is 13.8 Å².